The molecule has 0 saturated heterocycles. The number of nitrogens with two attached hydrogens (primary N) is 1. The average molecular weight is 439 g/mol. The smallest absolute Gasteiger partial charge is 0.234 e. The van der Waals surface area contributed by atoms with Crippen LogP contribution in [0.1, 0.15) is 0 Å². The SMILES string of the molecule is Nn1c(SCC(=O)Nc2cccc(Br)c2)nnc1-c1cccc(Cl)c1. The Kier molecular flexibility index (Phi) is 5.62. The quantitative estimate of drug-likeness (QED) is 0.467. The highest BCUT2D eigenvalue weighted by Crippen LogP contribution is 2.24. The van der Waals surface area contributed by atoms with Gasteiger partial charge in [0.1, 0.15) is 0 Å². The molecule has 3 rings (SSSR count). The standard InChI is InChI=1S/C16H13BrClN5OS/c17-11-4-2-6-13(8-11)20-14(24)9-25-16-22-21-15(23(16)19)10-3-1-5-12(18)7-10/h1-8H,9,19H2,(H,20,24). The highest BCUT2D eigenvalue weighted by molar-refractivity contribution is 9.10. The summed E-state index contributed by atoms with van der Waals surface area (Å²) in [5.74, 6) is 6.52. The van der Waals surface area contributed by atoms with Gasteiger partial charge in [-0.05, 0) is 30.3 Å². The Hall–Kier alpha value is -2.03. The molecule has 3 aromatic rings. The predicted octanol–water partition coefficient (Wildman–Crippen LogP) is 3.81. The fraction of sp³-hybridized carbons (Fsp3) is 0.0625. The van der Waals surface area contributed by atoms with Crippen LogP contribution in [0, 0.1) is 0 Å². The van der Waals surface area contributed by atoms with Crippen LogP contribution in [0.25, 0.3) is 11.4 Å². The molecule has 1 heterocycles. The number of hydrogen-bond acceptors (Lipinski definition) is 5. The molecule has 0 fully saturated rings. The predicted molar refractivity (Wildman–Crippen MR) is 104 cm³/mol. The number of nitrogen functional groups attached to an aromatic ring is 1. The summed E-state index contributed by atoms with van der Waals surface area (Å²) >= 11 is 10.6. The molecule has 0 unspecified atom stereocenters. The normalized spacial score (nSPS) is 10.6. The molecule has 9 heteroatoms. The molecule has 3 N–H and O–H groups in total. The lowest BCUT2D eigenvalue weighted by Gasteiger charge is -2.06. The lowest BCUT2D eigenvalue weighted by molar-refractivity contribution is -0.113. The first-order valence-corrected chi connectivity index (χ1v) is 9.33. The van der Waals surface area contributed by atoms with E-state index >= 15 is 0 Å². The zero-order valence-electron chi connectivity index (χ0n) is 12.8. The zero-order chi connectivity index (χ0) is 17.8. The summed E-state index contributed by atoms with van der Waals surface area (Å²) in [6.07, 6.45) is 0. The number of hydrogen-bond donors (Lipinski definition) is 2. The molecule has 0 atom stereocenters. The molecule has 1 amide bonds. The fourth-order valence-electron chi connectivity index (χ4n) is 2.09. The minimum absolute atomic E-state index is 0.157. The van der Waals surface area contributed by atoms with Crippen LogP contribution in [-0.2, 0) is 4.79 Å². The summed E-state index contributed by atoms with van der Waals surface area (Å²) in [4.78, 5) is 12.1. The Morgan fingerprint density at radius 3 is 2.80 bits per heavy atom. The second-order valence-corrected chi connectivity index (χ2v) is 7.33. The van der Waals surface area contributed by atoms with Crippen molar-refractivity contribution in [3.05, 3.63) is 58.0 Å². The van der Waals surface area contributed by atoms with E-state index in [1.165, 1.54) is 16.4 Å². The third kappa shape index (κ3) is 4.53. The maximum atomic E-state index is 12.1. The first-order valence-electron chi connectivity index (χ1n) is 7.17. The number of benzene rings is 2. The van der Waals surface area contributed by atoms with Crippen molar-refractivity contribution in [2.75, 3.05) is 16.9 Å². The summed E-state index contributed by atoms with van der Waals surface area (Å²) in [6.45, 7) is 0. The van der Waals surface area contributed by atoms with Crippen LogP contribution in [0.3, 0.4) is 0 Å². The van der Waals surface area contributed by atoms with Gasteiger partial charge >= 0.3 is 0 Å². The molecule has 0 saturated carbocycles. The number of thioether (sulfide) groups is 1. The molecule has 1 aromatic heterocycles. The number of anilines is 1. The molecule has 0 spiro atoms. The van der Waals surface area contributed by atoms with E-state index in [1.54, 1.807) is 12.1 Å². The molecular formula is C16H13BrClN5OS. The summed E-state index contributed by atoms with van der Waals surface area (Å²) in [7, 11) is 0. The van der Waals surface area contributed by atoms with Gasteiger partial charge in [-0.15, -0.1) is 10.2 Å². The number of carbonyl (C=O) groups is 1. The summed E-state index contributed by atoms with van der Waals surface area (Å²) < 4.78 is 2.24. The van der Waals surface area contributed by atoms with Crippen molar-refractivity contribution >= 4 is 50.9 Å². The Balaban J connectivity index is 1.65. The van der Waals surface area contributed by atoms with E-state index in [2.05, 4.69) is 31.4 Å². The first-order chi connectivity index (χ1) is 12.0. The van der Waals surface area contributed by atoms with Gasteiger partial charge in [-0.25, -0.2) is 4.68 Å². The second kappa shape index (κ2) is 7.90. The van der Waals surface area contributed by atoms with Crippen LogP contribution < -0.4 is 11.2 Å². The van der Waals surface area contributed by atoms with E-state index < -0.39 is 0 Å². The van der Waals surface area contributed by atoms with Gasteiger partial charge in [0.05, 0.1) is 5.75 Å². The molecule has 128 valence electrons. The van der Waals surface area contributed by atoms with E-state index in [1.807, 2.05) is 36.4 Å². The fourth-order valence-corrected chi connectivity index (χ4v) is 3.34. The summed E-state index contributed by atoms with van der Waals surface area (Å²) in [5.41, 5.74) is 1.47. The molecule has 2 aromatic carbocycles. The molecule has 0 aliphatic rings. The number of aromatic nitrogens is 3. The third-order valence-electron chi connectivity index (χ3n) is 3.19. The van der Waals surface area contributed by atoms with E-state index in [4.69, 9.17) is 17.4 Å². The van der Waals surface area contributed by atoms with Crippen LogP contribution in [0.2, 0.25) is 5.02 Å². The number of nitrogens with one attached hydrogen (secondary N) is 1. The van der Waals surface area contributed by atoms with E-state index in [0.717, 1.165) is 10.0 Å². The van der Waals surface area contributed by atoms with E-state index in [-0.39, 0.29) is 11.7 Å². The molecule has 6 nitrogen and oxygen atoms in total. The largest absolute Gasteiger partial charge is 0.335 e. The molecule has 25 heavy (non-hydrogen) atoms. The van der Waals surface area contributed by atoms with Crippen molar-refractivity contribution in [2.45, 2.75) is 5.16 Å². The van der Waals surface area contributed by atoms with E-state index in [0.29, 0.717) is 21.7 Å². The van der Waals surface area contributed by atoms with Crippen LogP contribution >= 0.6 is 39.3 Å². The van der Waals surface area contributed by atoms with Crippen molar-refractivity contribution in [1.29, 1.82) is 0 Å². The second-order valence-electron chi connectivity index (χ2n) is 5.03. The monoisotopic (exact) mass is 437 g/mol. The van der Waals surface area contributed by atoms with Gasteiger partial charge in [-0.1, -0.05) is 57.5 Å². The van der Waals surface area contributed by atoms with Crippen LogP contribution in [0.15, 0.2) is 58.2 Å². The van der Waals surface area contributed by atoms with E-state index in [9.17, 15) is 4.79 Å². The highest BCUT2D eigenvalue weighted by Gasteiger charge is 2.14. The van der Waals surface area contributed by atoms with Crippen molar-refractivity contribution in [2.24, 2.45) is 0 Å². The number of carbonyl (C=O) groups excluding carboxylic acids is 1. The Labute approximate surface area is 161 Å². The first kappa shape index (κ1) is 17.8. The van der Waals surface area contributed by atoms with Crippen LogP contribution in [0.4, 0.5) is 5.69 Å². The van der Waals surface area contributed by atoms with Gasteiger partial charge in [0, 0.05) is 20.7 Å². The topological polar surface area (TPSA) is 85.8 Å². The number of rotatable bonds is 5. The van der Waals surface area contributed by atoms with Gasteiger partial charge in [-0.2, -0.15) is 0 Å². The number of amides is 1. The van der Waals surface area contributed by atoms with Gasteiger partial charge in [-0.3, -0.25) is 4.79 Å². The average Bonchev–Trinajstić information content (AvgIpc) is 2.94. The summed E-state index contributed by atoms with van der Waals surface area (Å²) in [6, 6.07) is 14.5. The Morgan fingerprint density at radius 1 is 1.24 bits per heavy atom. The van der Waals surface area contributed by atoms with Crippen molar-refractivity contribution < 1.29 is 4.79 Å². The van der Waals surface area contributed by atoms with Gasteiger partial charge in [0.2, 0.25) is 11.1 Å². The third-order valence-corrected chi connectivity index (χ3v) is 4.86. The van der Waals surface area contributed by atoms with Crippen LogP contribution in [-0.4, -0.2) is 26.5 Å². The number of nitrogens with zero attached hydrogens (tertiary/aromatic N) is 3. The lowest BCUT2D eigenvalue weighted by Crippen LogP contribution is -2.16. The molecule has 0 aliphatic heterocycles. The number of halogens is 2. The van der Waals surface area contributed by atoms with Gasteiger partial charge in [0.25, 0.3) is 0 Å². The maximum absolute atomic E-state index is 12.1. The zero-order valence-corrected chi connectivity index (χ0v) is 16.0. The van der Waals surface area contributed by atoms with Gasteiger partial charge in [0.15, 0.2) is 5.82 Å². The molecule has 0 bridgehead atoms. The van der Waals surface area contributed by atoms with Crippen molar-refractivity contribution in [3.63, 3.8) is 0 Å². The Bertz CT molecular complexity index is 917. The minimum Gasteiger partial charge on any atom is -0.335 e. The van der Waals surface area contributed by atoms with Crippen molar-refractivity contribution in [3.8, 4) is 11.4 Å². The van der Waals surface area contributed by atoms with Crippen molar-refractivity contribution in [1.82, 2.24) is 14.9 Å². The van der Waals surface area contributed by atoms with Gasteiger partial charge < -0.3 is 11.2 Å². The minimum atomic E-state index is -0.157. The Morgan fingerprint density at radius 2 is 2.04 bits per heavy atom. The van der Waals surface area contributed by atoms with Crippen LogP contribution in [0.5, 0.6) is 0 Å². The molecular weight excluding hydrogens is 426 g/mol. The molecule has 0 radical (unpaired) electrons. The highest BCUT2D eigenvalue weighted by atomic mass is 79.9. The lowest BCUT2D eigenvalue weighted by atomic mass is 10.2. The summed E-state index contributed by atoms with van der Waals surface area (Å²) in [5, 5.41) is 11.9. The maximum Gasteiger partial charge on any atom is 0.234 e. The molecule has 0 aliphatic carbocycles.